The maximum atomic E-state index is 5.51. The Balaban J connectivity index is 1.44. The van der Waals surface area contributed by atoms with Crippen LogP contribution < -0.4 is 0 Å². The van der Waals surface area contributed by atoms with E-state index in [1.807, 2.05) is 6.07 Å². The molecular formula is C31H19NO. The van der Waals surface area contributed by atoms with E-state index in [9.17, 15) is 0 Å². The summed E-state index contributed by atoms with van der Waals surface area (Å²) in [6.07, 6.45) is 1.49. The monoisotopic (exact) mass is 421 g/mol. The number of nitrogens with zero attached hydrogens (tertiary/aromatic N) is 1. The van der Waals surface area contributed by atoms with Crippen molar-refractivity contribution in [2.45, 2.75) is 0 Å². The zero-order valence-electron chi connectivity index (χ0n) is 17.8. The highest BCUT2D eigenvalue weighted by Gasteiger charge is 2.10. The second-order valence-corrected chi connectivity index (χ2v) is 8.47. The summed E-state index contributed by atoms with van der Waals surface area (Å²) in [5.41, 5.74) is 6.38. The maximum absolute atomic E-state index is 5.51. The van der Waals surface area contributed by atoms with Gasteiger partial charge < -0.3 is 4.42 Å². The molecule has 2 nitrogen and oxygen atoms in total. The van der Waals surface area contributed by atoms with E-state index >= 15 is 0 Å². The molecule has 0 aliphatic heterocycles. The number of rotatable bonds is 2. The van der Waals surface area contributed by atoms with Gasteiger partial charge in [-0.25, -0.2) is 4.98 Å². The average molecular weight is 421 g/mol. The lowest BCUT2D eigenvalue weighted by molar-refractivity contribution is 0.602. The molecule has 0 unspecified atom stereocenters. The number of hydrogen-bond acceptors (Lipinski definition) is 2. The Hall–Kier alpha value is -4.43. The Morgan fingerprint density at radius 3 is 1.67 bits per heavy atom. The maximum Gasteiger partial charge on any atom is 0.181 e. The van der Waals surface area contributed by atoms with Gasteiger partial charge in [0.2, 0.25) is 0 Å². The van der Waals surface area contributed by atoms with Crippen LogP contribution in [0.5, 0.6) is 0 Å². The van der Waals surface area contributed by atoms with E-state index in [0.29, 0.717) is 0 Å². The first-order valence-corrected chi connectivity index (χ1v) is 11.1. The van der Waals surface area contributed by atoms with Gasteiger partial charge in [0, 0.05) is 0 Å². The minimum Gasteiger partial charge on any atom is -0.443 e. The van der Waals surface area contributed by atoms with E-state index in [2.05, 4.69) is 108 Å². The molecular weight excluding hydrogens is 402 g/mol. The molecule has 0 saturated heterocycles. The topological polar surface area (TPSA) is 26.0 Å². The first-order chi connectivity index (χ1) is 16.3. The van der Waals surface area contributed by atoms with Gasteiger partial charge in [0.25, 0.3) is 0 Å². The number of oxazole rings is 1. The van der Waals surface area contributed by atoms with Crippen LogP contribution in [0.4, 0.5) is 0 Å². The average Bonchev–Trinajstić information content (AvgIpc) is 3.37. The smallest absolute Gasteiger partial charge is 0.181 e. The van der Waals surface area contributed by atoms with Crippen molar-refractivity contribution in [3.63, 3.8) is 0 Å². The van der Waals surface area contributed by atoms with Crippen molar-refractivity contribution in [1.29, 1.82) is 0 Å². The first kappa shape index (κ1) is 18.2. The van der Waals surface area contributed by atoms with Crippen LogP contribution in [0.25, 0.3) is 65.7 Å². The van der Waals surface area contributed by atoms with Crippen LogP contribution in [0.3, 0.4) is 0 Å². The van der Waals surface area contributed by atoms with Crippen molar-refractivity contribution in [1.82, 2.24) is 4.98 Å². The fraction of sp³-hybridized carbons (Fsp3) is 0. The van der Waals surface area contributed by atoms with Gasteiger partial charge in [-0.05, 0) is 78.8 Å². The normalized spacial score (nSPS) is 11.6. The molecule has 7 aromatic rings. The lowest BCUT2D eigenvalue weighted by atomic mass is 9.91. The van der Waals surface area contributed by atoms with Crippen molar-refractivity contribution in [2.75, 3.05) is 0 Å². The summed E-state index contributed by atoms with van der Waals surface area (Å²) < 4.78 is 5.51. The van der Waals surface area contributed by atoms with E-state index in [0.717, 1.165) is 22.2 Å². The van der Waals surface area contributed by atoms with Gasteiger partial charge in [-0.15, -0.1) is 0 Å². The number of aromatic nitrogens is 1. The van der Waals surface area contributed by atoms with Crippen LogP contribution in [0.15, 0.2) is 120 Å². The number of benzene rings is 6. The van der Waals surface area contributed by atoms with Crippen molar-refractivity contribution in [3.8, 4) is 22.3 Å². The van der Waals surface area contributed by atoms with E-state index in [1.165, 1.54) is 49.8 Å². The number of fused-ring (bicyclic) bond motifs is 7. The molecule has 0 amide bonds. The van der Waals surface area contributed by atoms with Crippen molar-refractivity contribution in [3.05, 3.63) is 116 Å². The second kappa shape index (κ2) is 7.04. The zero-order chi connectivity index (χ0) is 21.8. The molecule has 6 aromatic carbocycles. The largest absolute Gasteiger partial charge is 0.443 e. The third-order valence-electron chi connectivity index (χ3n) is 6.60. The van der Waals surface area contributed by atoms with Crippen LogP contribution in [0.2, 0.25) is 0 Å². The standard InChI is InChI=1S/C31H19NO/c1-2-10-26-24(8-1)25-9-3-4-11-27(25)29-17-22(12-14-28(26)29)20-6-5-7-21(16-20)23-13-15-30-31(18-23)33-19-32-30/h1-19H. The van der Waals surface area contributed by atoms with E-state index in [4.69, 9.17) is 4.42 Å². The van der Waals surface area contributed by atoms with Gasteiger partial charge in [0.05, 0.1) is 0 Å². The summed E-state index contributed by atoms with van der Waals surface area (Å²) in [5.74, 6) is 0. The van der Waals surface area contributed by atoms with Crippen LogP contribution >= 0.6 is 0 Å². The predicted molar refractivity (Wildman–Crippen MR) is 137 cm³/mol. The SMILES string of the molecule is c1cc(-c2ccc3ncoc3c2)cc(-c2ccc3c4ccccc4c4ccccc4c3c2)c1. The second-order valence-electron chi connectivity index (χ2n) is 8.47. The molecule has 1 aromatic heterocycles. The van der Waals surface area contributed by atoms with Crippen molar-refractivity contribution in [2.24, 2.45) is 0 Å². The molecule has 0 aliphatic rings. The van der Waals surface area contributed by atoms with Gasteiger partial charge in [0.15, 0.2) is 12.0 Å². The minimum absolute atomic E-state index is 0.807. The Morgan fingerprint density at radius 2 is 0.970 bits per heavy atom. The summed E-state index contributed by atoms with van der Waals surface area (Å²) >= 11 is 0. The quantitative estimate of drug-likeness (QED) is 0.261. The molecule has 0 saturated carbocycles. The highest BCUT2D eigenvalue weighted by atomic mass is 16.3. The van der Waals surface area contributed by atoms with E-state index < -0.39 is 0 Å². The Labute approximate surface area is 190 Å². The molecule has 0 N–H and O–H groups in total. The molecule has 154 valence electrons. The van der Waals surface area contributed by atoms with Crippen LogP contribution in [-0.4, -0.2) is 4.98 Å². The lowest BCUT2D eigenvalue weighted by Gasteiger charge is -2.12. The predicted octanol–water partition coefficient (Wildman–Crippen LogP) is 8.62. The highest BCUT2D eigenvalue weighted by Crippen LogP contribution is 2.37. The zero-order valence-corrected chi connectivity index (χ0v) is 17.8. The van der Waals surface area contributed by atoms with Gasteiger partial charge in [-0.3, -0.25) is 0 Å². The molecule has 1 heterocycles. The molecule has 0 bridgehead atoms. The summed E-state index contributed by atoms with van der Waals surface area (Å²) in [4.78, 5) is 4.23. The van der Waals surface area contributed by atoms with Crippen molar-refractivity contribution < 1.29 is 4.42 Å². The molecule has 0 radical (unpaired) electrons. The Morgan fingerprint density at radius 1 is 0.424 bits per heavy atom. The summed E-state index contributed by atoms with van der Waals surface area (Å²) in [5, 5.41) is 7.77. The molecule has 0 atom stereocenters. The minimum atomic E-state index is 0.807. The fourth-order valence-corrected chi connectivity index (χ4v) is 5.00. The summed E-state index contributed by atoms with van der Waals surface area (Å²) in [6.45, 7) is 0. The molecule has 0 spiro atoms. The molecule has 0 fully saturated rings. The van der Waals surface area contributed by atoms with Crippen LogP contribution in [0, 0.1) is 0 Å². The van der Waals surface area contributed by atoms with Crippen LogP contribution in [0.1, 0.15) is 0 Å². The number of hydrogen-bond donors (Lipinski definition) is 0. The lowest BCUT2D eigenvalue weighted by Crippen LogP contribution is -1.85. The first-order valence-electron chi connectivity index (χ1n) is 11.1. The van der Waals surface area contributed by atoms with Gasteiger partial charge in [0.1, 0.15) is 5.52 Å². The van der Waals surface area contributed by atoms with E-state index in [-0.39, 0.29) is 0 Å². The molecule has 0 aliphatic carbocycles. The van der Waals surface area contributed by atoms with E-state index in [1.54, 1.807) is 0 Å². The van der Waals surface area contributed by atoms with Gasteiger partial charge >= 0.3 is 0 Å². The third kappa shape index (κ3) is 2.85. The molecule has 2 heteroatoms. The van der Waals surface area contributed by atoms with Crippen molar-refractivity contribution >= 4 is 43.4 Å². The van der Waals surface area contributed by atoms with Gasteiger partial charge in [-0.1, -0.05) is 84.9 Å². The fourth-order valence-electron chi connectivity index (χ4n) is 5.00. The summed E-state index contributed by atoms with van der Waals surface area (Å²) in [7, 11) is 0. The summed E-state index contributed by atoms with van der Waals surface area (Å²) in [6, 6.07) is 39.1. The van der Waals surface area contributed by atoms with Crippen LogP contribution in [-0.2, 0) is 0 Å². The highest BCUT2D eigenvalue weighted by molar-refractivity contribution is 6.25. The Kier molecular flexibility index (Phi) is 3.88. The molecule has 33 heavy (non-hydrogen) atoms. The molecule has 7 rings (SSSR count). The van der Waals surface area contributed by atoms with Gasteiger partial charge in [-0.2, -0.15) is 0 Å². The Bertz CT molecular complexity index is 1790. The third-order valence-corrected chi connectivity index (χ3v) is 6.60.